The van der Waals surface area contributed by atoms with Gasteiger partial charge in [0.05, 0.1) is 5.92 Å². The molecule has 86 valence electrons. The first kappa shape index (κ1) is 10.6. The van der Waals surface area contributed by atoms with Crippen molar-refractivity contribution in [1.29, 1.82) is 0 Å². The van der Waals surface area contributed by atoms with Crippen LogP contribution >= 0.6 is 0 Å². The number of hydrogen-bond donors (Lipinski definition) is 2. The van der Waals surface area contributed by atoms with E-state index in [9.17, 15) is 9.59 Å². The molecular weight excluding hydrogens is 212 g/mol. The third-order valence-electron chi connectivity index (χ3n) is 2.71. The molecule has 7 heteroatoms. The lowest BCUT2D eigenvalue weighted by atomic mass is 9.97. The molecule has 0 aliphatic carbocycles. The molecule has 1 aliphatic rings. The summed E-state index contributed by atoms with van der Waals surface area (Å²) in [5, 5.41) is 16.2. The van der Waals surface area contributed by atoms with Crippen LogP contribution in [0.25, 0.3) is 0 Å². The molecule has 2 N–H and O–H groups in total. The molecule has 0 atom stereocenters. The molecular formula is C9H12N4O3. The van der Waals surface area contributed by atoms with E-state index in [0.29, 0.717) is 31.9 Å². The van der Waals surface area contributed by atoms with E-state index in [1.807, 2.05) is 4.90 Å². The van der Waals surface area contributed by atoms with Crippen LogP contribution in [-0.2, 0) is 4.79 Å². The number of nitrogens with zero attached hydrogens (tertiary/aromatic N) is 3. The van der Waals surface area contributed by atoms with Gasteiger partial charge in [-0.15, -0.1) is 10.2 Å². The summed E-state index contributed by atoms with van der Waals surface area (Å²) in [6.45, 7) is 1.15. The van der Waals surface area contributed by atoms with Crippen LogP contribution in [0.5, 0.6) is 0 Å². The number of aliphatic carboxylic acids is 1. The topological polar surface area (TPSA) is 99.2 Å². The third kappa shape index (κ3) is 2.18. The van der Waals surface area contributed by atoms with Gasteiger partial charge in [-0.2, -0.15) is 0 Å². The Morgan fingerprint density at radius 2 is 2.19 bits per heavy atom. The predicted molar refractivity (Wildman–Crippen MR) is 55.2 cm³/mol. The van der Waals surface area contributed by atoms with Gasteiger partial charge in [0.25, 0.3) is 5.56 Å². The van der Waals surface area contributed by atoms with Crippen LogP contribution in [0.3, 0.4) is 0 Å². The number of hydrogen-bond acceptors (Lipinski definition) is 5. The number of rotatable bonds is 2. The van der Waals surface area contributed by atoms with Crippen molar-refractivity contribution >= 4 is 11.9 Å². The molecule has 1 aliphatic heterocycles. The molecule has 0 amide bonds. The highest BCUT2D eigenvalue weighted by atomic mass is 16.4. The number of aromatic amines is 1. The van der Waals surface area contributed by atoms with Crippen molar-refractivity contribution < 1.29 is 9.90 Å². The van der Waals surface area contributed by atoms with E-state index in [2.05, 4.69) is 15.2 Å². The van der Waals surface area contributed by atoms with Crippen molar-refractivity contribution in [2.24, 2.45) is 5.92 Å². The van der Waals surface area contributed by atoms with Crippen LogP contribution in [0.15, 0.2) is 11.0 Å². The second-order valence-electron chi connectivity index (χ2n) is 3.76. The number of H-pyrrole nitrogens is 1. The minimum Gasteiger partial charge on any atom is -0.481 e. The molecule has 7 nitrogen and oxygen atoms in total. The first-order chi connectivity index (χ1) is 7.66. The summed E-state index contributed by atoms with van der Waals surface area (Å²) in [4.78, 5) is 26.2. The summed E-state index contributed by atoms with van der Waals surface area (Å²) in [6, 6.07) is 0. The Kier molecular flexibility index (Phi) is 2.84. The van der Waals surface area contributed by atoms with Crippen LogP contribution in [0.2, 0.25) is 0 Å². The van der Waals surface area contributed by atoms with Gasteiger partial charge in [-0.3, -0.25) is 14.6 Å². The van der Waals surface area contributed by atoms with Gasteiger partial charge in [0.1, 0.15) is 6.20 Å². The van der Waals surface area contributed by atoms with E-state index in [4.69, 9.17) is 5.11 Å². The highest BCUT2D eigenvalue weighted by Gasteiger charge is 2.25. The first-order valence-corrected chi connectivity index (χ1v) is 5.06. The van der Waals surface area contributed by atoms with E-state index >= 15 is 0 Å². The van der Waals surface area contributed by atoms with Crippen molar-refractivity contribution in [3.8, 4) is 0 Å². The lowest BCUT2D eigenvalue weighted by Gasteiger charge is -2.29. The van der Waals surface area contributed by atoms with Crippen molar-refractivity contribution in [3.63, 3.8) is 0 Å². The van der Waals surface area contributed by atoms with Gasteiger partial charge >= 0.3 is 5.97 Å². The van der Waals surface area contributed by atoms with Gasteiger partial charge in [-0.05, 0) is 12.8 Å². The maximum absolute atomic E-state index is 11.0. The van der Waals surface area contributed by atoms with Gasteiger partial charge in [0, 0.05) is 13.1 Å². The molecule has 0 spiro atoms. The quantitative estimate of drug-likeness (QED) is 0.700. The van der Waals surface area contributed by atoms with Gasteiger partial charge in [0.2, 0.25) is 5.95 Å². The van der Waals surface area contributed by atoms with Gasteiger partial charge < -0.3 is 10.0 Å². The fraction of sp³-hybridized carbons (Fsp3) is 0.556. The minimum absolute atomic E-state index is 0.292. The standard InChI is InChI=1S/C9H12N4O3/c14-7-5-10-12-9(11-7)13-3-1-6(2-4-13)8(15)16/h5-6H,1-4H2,(H,15,16)(H,11,12,14). The Labute approximate surface area is 91.1 Å². The average Bonchev–Trinajstić information content (AvgIpc) is 2.29. The largest absolute Gasteiger partial charge is 0.481 e. The molecule has 1 aromatic heterocycles. The van der Waals surface area contributed by atoms with E-state index < -0.39 is 5.97 Å². The Morgan fingerprint density at radius 1 is 1.50 bits per heavy atom. The Morgan fingerprint density at radius 3 is 2.75 bits per heavy atom. The molecule has 1 aromatic rings. The monoisotopic (exact) mass is 224 g/mol. The van der Waals surface area contributed by atoms with Crippen molar-refractivity contribution in [2.45, 2.75) is 12.8 Å². The van der Waals surface area contributed by atoms with Gasteiger partial charge in [-0.25, -0.2) is 0 Å². The van der Waals surface area contributed by atoms with Crippen molar-refractivity contribution in [3.05, 3.63) is 16.6 Å². The highest BCUT2D eigenvalue weighted by molar-refractivity contribution is 5.70. The number of carbonyl (C=O) groups is 1. The van der Waals surface area contributed by atoms with Crippen LogP contribution in [-0.4, -0.2) is 39.3 Å². The van der Waals surface area contributed by atoms with Crippen LogP contribution in [0, 0.1) is 5.92 Å². The van der Waals surface area contributed by atoms with E-state index in [-0.39, 0.29) is 11.5 Å². The molecule has 1 fully saturated rings. The summed E-state index contributed by atoms with van der Waals surface area (Å²) < 4.78 is 0. The average molecular weight is 224 g/mol. The molecule has 0 aromatic carbocycles. The van der Waals surface area contributed by atoms with Crippen LogP contribution < -0.4 is 10.5 Å². The smallest absolute Gasteiger partial charge is 0.306 e. The number of carboxylic acid groups (broad SMARTS) is 1. The summed E-state index contributed by atoms with van der Waals surface area (Å²) in [5.74, 6) is -0.636. The number of carboxylic acids is 1. The summed E-state index contributed by atoms with van der Waals surface area (Å²) in [7, 11) is 0. The maximum atomic E-state index is 11.0. The Bertz CT molecular complexity index is 436. The number of anilines is 1. The minimum atomic E-state index is -0.757. The molecule has 0 bridgehead atoms. The van der Waals surface area contributed by atoms with E-state index in [1.165, 1.54) is 0 Å². The molecule has 0 radical (unpaired) electrons. The van der Waals surface area contributed by atoms with Crippen LogP contribution in [0.4, 0.5) is 5.95 Å². The predicted octanol–water partition coefficient (Wildman–Crippen LogP) is -0.534. The first-order valence-electron chi connectivity index (χ1n) is 5.06. The van der Waals surface area contributed by atoms with E-state index in [1.54, 1.807) is 0 Å². The Hall–Kier alpha value is -1.92. The summed E-state index contributed by atoms with van der Waals surface area (Å²) in [6.07, 6.45) is 2.23. The molecule has 2 heterocycles. The molecule has 2 rings (SSSR count). The zero-order valence-corrected chi connectivity index (χ0v) is 8.59. The van der Waals surface area contributed by atoms with Gasteiger partial charge in [-0.1, -0.05) is 0 Å². The lowest BCUT2D eigenvalue weighted by molar-refractivity contribution is -0.142. The fourth-order valence-electron chi connectivity index (χ4n) is 1.78. The second-order valence-corrected chi connectivity index (χ2v) is 3.76. The zero-order valence-electron chi connectivity index (χ0n) is 8.59. The number of aromatic nitrogens is 3. The zero-order chi connectivity index (χ0) is 11.5. The van der Waals surface area contributed by atoms with Crippen LogP contribution in [0.1, 0.15) is 12.8 Å². The summed E-state index contributed by atoms with van der Waals surface area (Å²) >= 11 is 0. The second kappa shape index (κ2) is 4.30. The molecule has 0 unspecified atom stereocenters. The highest BCUT2D eigenvalue weighted by Crippen LogP contribution is 2.19. The molecule has 0 saturated carbocycles. The normalized spacial score (nSPS) is 17.4. The summed E-state index contributed by atoms with van der Waals surface area (Å²) in [5.41, 5.74) is -0.301. The number of piperidine rings is 1. The van der Waals surface area contributed by atoms with Crippen molar-refractivity contribution in [2.75, 3.05) is 18.0 Å². The lowest BCUT2D eigenvalue weighted by Crippen LogP contribution is -2.38. The fourth-order valence-corrected chi connectivity index (χ4v) is 1.78. The van der Waals surface area contributed by atoms with E-state index in [0.717, 1.165) is 6.20 Å². The molecule has 16 heavy (non-hydrogen) atoms. The maximum Gasteiger partial charge on any atom is 0.306 e. The van der Waals surface area contributed by atoms with Crippen molar-refractivity contribution in [1.82, 2.24) is 15.2 Å². The SMILES string of the molecule is O=C(O)C1CCN(c2nncc(=O)[nH]2)CC1. The number of nitrogens with one attached hydrogen (secondary N) is 1. The Balaban J connectivity index is 2.04. The third-order valence-corrected chi connectivity index (χ3v) is 2.71. The molecule has 1 saturated heterocycles. The van der Waals surface area contributed by atoms with Gasteiger partial charge in [0.15, 0.2) is 0 Å².